The van der Waals surface area contributed by atoms with Crippen molar-refractivity contribution in [2.24, 2.45) is 23.7 Å². The average molecular weight is 421 g/mol. The van der Waals surface area contributed by atoms with Gasteiger partial charge in [-0.15, -0.1) is 0 Å². The van der Waals surface area contributed by atoms with E-state index in [0.29, 0.717) is 32.1 Å². The van der Waals surface area contributed by atoms with Gasteiger partial charge in [0.1, 0.15) is 0 Å². The summed E-state index contributed by atoms with van der Waals surface area (Å²) in [7, 11) is 0. The molecule has 3 saturated carbocycles. The van der Waals surface area contributed by atoms with Gasteiger partial charge in [-0.05, 0) is 64.2 Å². The van der Waals surface area contributed by atoms with Crippen LogP contribution < -0.4 is 0 Å². The van der Waals surface area contributed by atoms with Crippen molar-refractivity contribution in [1.82, 2.24) is 0 Å². The van der Waals surface area contributed by atoms with Gasteiger partial charge in [0.2, 0.25) is 0 Å². The van der Waals surface area contributed by atoms with Gasteiger partial charge in [-0.25, -0.2) is 9.59 Å². The molecule has 30 heavy (non-hydrogen) atoms. The maximum atomic E-state index is 12.9. The summed E-state index contributed by atoms with van der Waals surface area (Å²) in [5.41, 5.74) is -1.65. The SMILES string of the molecule is C=C(C)C(=O)OC12CCC(C1)C1CC(C(O)CC)C(C(O)CC)C12OC(=O)C(=C)C. The van der Waals surface area contributed by atoms with Crippen LogP contribution in [0.4, 0.5) is 0 Å². The Labute approximate surface area is 179 Å². The molecule has 3 rings (SSSR count). The van der Waals surface area contributed by atoms with Crippen LogP contribution in [0.1, 0.15) is 66.2 Å². The molecule has 8 atom stereocenters. The zero-order valence-corrected chi connectivity index (χ0v) is 18.6. The minimum atomic E-state index is -1.17. The maximum absolute atomic E-state index is 12.9. The lowest BCUT2D eigenvalue weighted by atomic mass is 9.67. The Hall–Kier alpha value is -1.66. The zero-order valence-electron chi connectivity index (χ0n) is 18.6. The third-order valence-corrected chi connectivity index (χ3v) is 7.82. The van der Waals surface area contributed by atoms with Gasteiger partial charge in [-0.1, -0.05) is 27.0 Å². The van der Waals surface area contributed by atoms with Crippen LogP contribution in [0, 0.1) is 23.7 Å². The molecule has 0 amide bonds. The molecule has 6 heteroatoms. The van der Waals surface area contributed by atoms with Crippen molar-refractivity contribution in [1.29, 1.82) is 0 Å². The lowest BCUT2D eigenvalue weighted by Crippen LogP contribution is -2.64. The quantitative estimate of drug-likeness (QED) is 0.462. The van der Waals surface area contributed by atoms with E-state index < -0.39 is 41.3 Å². The Kier molecular flexibility index (Phi) is 6.23. The van der Waals surface area contributed by atoms with Gasteiger partial charge in [0.05, 0.1) is 12.2 Å². The normalized spacial score (nSPS) is 38.6. The largest absolute Gasteiger partial charge is 0.451 e. The van der Waals surface area contributed by atoms with Crippen LogP contribution in [0.3, 0.4) is 0 Å². The minimum absolute atomic E-state index is 0.0788. The molecule has 0 radical (unpaired) electrons. The molecule has 3 aliphatic rings. The molecule has 2 bridgehead atoms. The summed E-state index contributed by atoms with van der Waals surface area (Å²) in [6, 6.07) is 0. The third-order valence-electron chi connectivity index (χ3n) is 7.82. The standard InChI is InChI=1S/C24H36O6/c1-7-18(25)16-11-17-15-9-10-23(12-15,29-21(27)13(3)4)24(17,20(16)19(26)8-2)30-22(28)14(5)6/h15-20,25-26H,3,5,7-12H2,1-2,4,6H3. The minimum Gasteiger partial charge on any atom is -0.451 e. The van der Waals surface area contributed by atoms with E-state index in [0.717, 1.165) is 6.42 Å². The van der Waals surface area contributed by atoms with Gasteiger partial charge in [0, 0.05) is 23.0 Å². The van der Waals surface area contributed by atoms with Crippen LogP contribution in [0.2, 0.25) is 0 Å². The van der Waals surface area contributed by atoms with Crippen LogP contribution >= 0.6 is 0 Å². The number of hydrogen-bond acceptors (Lipinski definition) is 6. The van der Waals surface area contributed by atoms with Crippen LogP contribution in [0.15, 0.2) is 24.3 Å². The molecular weight excluding hydrogens is 384 g/mol. The second kappa shape index (κ2) is 8.12. The number of carbonyl (C=O) groups is 2. The Balaban J connectivity index is 2.18. The average Bonchev–Trinajstić information content (AvgIpc) is 3.33. The van der Waals surface area contributed by atoms with Crippen molar-refractivity contribution in [2.45, 2.75) is 89.6 Å². The topological polar surface area (TPSA) is 93.1 Å². The number of aliphatic hydroxyl groups excluding tert-OH is 2. The monoisotopic (exact) mass is 420 g/mol. The lowest BCUT2D eigenvalue weighted by Gasteiger charge is -2.51. The molecule has 0 aromatic heterocycles. The van der Waals surface area contributed by atoms with Gasteiger partial charge in [-0.2, -0.15) is 0 Å². The highest BCUT2D eigenvalue weighted by Gasteiger charge is 2.79. The Morgan fingerprint density at radius 2 is 1.60 bits per heavy atom. The van der Waals surface area contributed by atoms with E-state index in [2.05, 4.69) is 13.2 Å². The highest BCUT2D eigenvalue weighted by molar-refractivity contribution is 5.88. The van der Waals surface area contributed by atoms with Crippen LogP contribution in [-0.4, -0.2) is 45.6 Å². The fourth-order valence-corrected chi connectivity index (χ4v) is 6.55. The van der Waals surface area contributed by atoms with Crippen molar-refractivity contribution >= 4 is 11.9 Å². The predicted octanol–water partition coefficient (Wildman–Crippen LogP) is 3.31. The molecule has 0 aliphatic heterocycles. The van der Waals surface area contributed by atoms with Gasteiger partial charge in [0.25, 0.3) is 0 Å². The summed E-state index contributed by atoms with van der Waals surface area (Å²) in [6.45, 7) is 14.4. The predicted molar refractivity (Wildman–Crippen MR) is 112 cm³/mol. The van der Waals surface area contributed by atoms with Gasteiger partial charge < -0.3 is 19.7 Å². The van der Waals surface area contributed by atoms with E-state index in [1.54, 1.807) is 13.8 Å². The number of esters is 2. The Bertz CT molecular complexity index is 744. The number of rotatable bonds is 8. The summed E-state index contributed by atoms with van der Waals surface area (Å²) in [5.74, 6) is -1.68. The van der Waals surface area contributed by atoms with Crippen LogP contribution in [0.25, 0.3) is 0 Å². The van der Waals surface area contributed by atoms with Crippen molar-refractivity contribution in [3.05, 3.63) is 24.3 Å². The maximum Gasteiger partial charge on any atom is 0.333 e. The van der Waals surface area contributed by atoms with E-state index in [4.69, 9.17) is 9.47 Å². The van der Waals surface area contributed by atoms with Crippen molar-refractivity contribution in [2.75, 3.05) is 0 Å². The second-order valence-corrected chi connectivity index (χ2v) is 9.61. The third kappa shape index (κ3) is 3.23. The molecule has 0 spiro atoms. The Morgan fingerprint density at radius 1 is 1.03 bits per heavy atom. The van der Waals surface area contributed by atoms with E-state index in [1.807, 2.05) is 13.8 Å². The summed E-state index contributed by atoms with van der Waals surface area (Å²) in [6.07, 6.45) is 2.24. The molecule has 0 heterocycles. The molecule has 3 fully saturated rings. The van der Waals surface area contributed by atoms with E-state index >= 15 is 0 Å². The molecular formula is C24H36O6. The number of ether oxygens (including phenoxy) is 2. The summed E-state index contributed by atoms with van der Waals surface area (Å²) >= 11 is 0. The second-order valence-electron chi connectivity index (χ2n) is 9.61. The molecule has 0 aromatic rings. The van der Waals surface area contributed by atoms with E-state index in [9.17, 15) is 19.8 Å². The van der Waals surface area contributed by atoms with Crippen LogP contribution in [0.5, 0.6) is 0 Å². The molecule has 0 saturated heterocycles. The molecule has 168 valence electrons. The number of aliphatic hydroxyl groups is 2. The van der Waals surface area contributed by atoms with Crippen molar-refractivity contribution in [3.8, 4) is 0 Å². The Morgan fingerprint density at radius 3 is 2.13 bits per heavy atom. The number of carbonyl (C=O) groups excluding carboxylic acids is 2. The van der Waals surface area contributed by atoms with Gasteiger partial charge in [-0.3, -0.25) is 0 Å². The zero-order chi connectivity index (χ0) is 22.4. The summed E-state index contributed by atoms with van der Waals surface area (Å²) < 4.78 is 12.3. The first-order chi connectivity index (χ1) is 14.0. The van der Waals surface area contributed by atoms with Crippen molar-refractivity contribution < 1.29 is 29.3 Å². The van der Waals surface area contributed by atoms with E-state index in [-0.39, 0.29) is 28.9 Å². The van der Waals surface area contributed by atoms with Gasteiger partial charge in [0.15, 0.2) is 11.2 Å². The summed E-state index contributed by atoms with van der Waals surface area (Å²) in [4.78, 5) is 25.5. The highest BCUT2D eigenvalue weighted by atomic mass is 16.6. The highest BCUT2D eigenvalue weighted by Crippen LogP contribution is 2.70. The van der Waals surface area contributed by atoms with Crippen LogP contribution in [-0.2, 0) is 19.1 Å². The first-order valence-electron chi connectivity index (χ1n) is 11.2. The molecule has 2 N–H and O–H groups in total. The van der Waals surface area contributed by atoms with E-state index in [1.165, 1.54) is 0 Å². The number of fused-ring (bicyclic) bond motifs is 5. The fraction of sp³-hybridized carbons (Fsp3) is 0.750. The smallest absolute Gasteiger partial charge is 0.333 e. The first-order valence-corrected chi connectivity index (χ1v) is 11.2. The molecule has 6 nitrogen and oxygen atoms in total. The lowest BCUT2D eigenvalue weighted by molar-refractivity contribution is -0.234. The molecule has 3 aliphatic carbocycles. The fourth-order valence-electron chi connectivity index (χ4n) is 6.55. The molecule has 0 aromatic carbocycles. The first kappa shape index (κ1) is 23.0. The number of hydrogen-bond donors (Lipinski definition) is 2. The van der Waals surface area contributed by atoms with Crippen molar-refractivity contribution in [3.63, 3.8) is 0 Å². The van der Waals surface area contributed by atoms with Gasteiger partial charge >= 0.3 is 11.9 Å². The summed E-state index contributed by atoms with van der Waals surface area (Å²) in [5, 5.41) is 22.0. The molecule has 8 unspecified atom stereocenters.